The standard InChI is InChI=1S/C45H88NO8P/c1-6-8-10-12-14-16-18-20-22-24-26-28-30-32-34-36-38-45(48)54-43(42-53-55(49,50)52-40-39-46(3,4)5)41-51-44(47)37-35-33-31-29-27-25-23-21-19-17-15-13-11-9-7-2/h21,23,43H,6-20,22,24-42H2,1-5H3/p+1/b23-21-/t43-/m1/s1. The van der Waals surface area contributed by atoms with Gasteiger partial charge in [-0.05, 0) is 38.5 Å². The second kappa shape index (κ2) is 38.3. The Morgan fingerprint density at radius 1 is 0.545 bits per heavy atom. The lowest BCUT2D eigenvalue weighted by Gasteiger charge is -2.24. The lowest BCUT2D eigenvalue weighted by molar-refractivity contribution is -0.870. The first-order valence-corrected chi connectivity index (χ1v) is 24.4. The Balaban J connectivity index is 4.32. The molecule has 0 rings (SSSR count). The van der Waals surface area contributed by atoms with E-state index in [2.05, 4.69) is 26.0 Å². The number of phosphoric acid groups is 1. The van der Waals surface area contributed by atoms with Crippen molar-refractivity contribution in [2.24, 2.45) is 0 Å². The Labute approximate surface area is 339 Å². The number of hydrogen-bond donors (Lipinski definition) is 1. The lowest BCUT2D eigenvalue weighted by atomic mass is 10.0. The smallest absolute Gasteiger partial charge is 0.462 e. The summed E-state index contributed by atoms with van der Waals surface area (Å²) in [6.07, 6.45) is 39.6. The molecule has 0 aromatic carbocycles. The van der Waals surface area contributed by atoms with Gasteiger partial charge in [0.2, 0.25) is 0 Å². The van der Waals surface area contributed by atoms with E-state index in [0.717, 1.165) is 51.4 Å². The number of unbranched alkanes of at least 4 members (excludes halogenated alkanes) is 26. The van der Waals surface area contributed by atoms with Crippen LogP contribution in [0.4, 0.5) is 0 Å². The molecule has 0 aromatic heterocycles. The van der Waals surface area contributed by atoms with Gasteiger partial charge in [0.1, 0.15) is 19.8 Å². The van der Waals surface area contributed by atoms with Gasteiger partial charge in [-0.25, -0.2) is 4.57 Å². The third-order valence-corrected chi connectivity index (χ3v) is 11.0. The number of ether oxygens (including phenoxy) is 2. The van der Waals surface area contributed by atoms with E-state index in [1.54, 1.807) is 0 Å². The van der Waals surface area contributed by atoms with Crippen molar-refractivity contribution in [2.45, 2.75) is 219 Å². The van der Waals surface area contributed by atoms with Crippen molar-refractivity contribution in [1.29, 1.82) is 0 Å². The summed E-state index contributed by atoms with van der Waals surface area (Å²) >= 11 is 0. The van der Waals surface area contributed by atoms with Gasteiger partial charge in [0.05, 0.1) is 27.7 Å². The number of quaternary nitrogens is 1. The van der Waals surface area contributed by atoms with Crippen LogP contribution < -0.4 is 0 Å². The molecule has 0 aliphatic carbocycles. The lowest BCUT2D eigenvalue weighted by Crippen LogP contribution is -2.37. The number of esters is 2. The normalized spacial score (nSPS) is 13.6. The molecule has 10 heteroatoms. The highest BCUT2D eigenvalue weighted by Crippen LogP contribution is 2.43. The first kappa shape index (κ1) is 53.8. The zero-order valence-corrected chi connectivity index (χ0v) is 37.6. The summed E-state index contributed by atoms with van der Waals surface area (Å²) in [7, 11) is 1.48. The SMILES string of the molecule is CCCCCCCC/C=C\CCCCCCCC(=O)OC[C@H](COP(=O)(O)OCC[N+](C)(C)C)OC(=O)CCCCCCCCCCCCCCCCCC. The van der Waals surface area contributed by atoms with Crippen LogP contribution in [0.1, 0.15) is 213 Å². The van der Waals surface area contributed by atoms with Crippen molar-refractivity contribution >= 4 is 19.8 Å². The number of allylic oxidation sites excluding steroid dienone is 2. The molecule has 0 fully saturated rings. The third-order valence-electron chi connectivity index (χ3n) is 10.0. The molecule has 1 unspecified atom stereocenters. The van der Waals surface area contributed by atoms with Crippen LogP contribution in [0.15, 0.2) is 12.2 Å². The Morgan fingerprint density at radius 3 is 1.35 bits per heavy atom. The van der Waals surface area contributed by atoms with Gasteiger partial charge in [-0.15, -0.1) is 0 Å². The molecule has 55 heavy (non-hydrogen) atoms. The molecular weight excluding hydrogens is 713 g/mol. The molecule has 2 atom stereocenters. The number of carbonyl (C=O) groups excluding carboxylic acids is 2. The maximum Gasteiger partial charge on any atom is 0.472 e. The summed E-state index contributed by atoms with van der Waals surface area (Å²) < 4.78 is 34.3. The van der Waals surface area contributed by atoms with Crippen LogP contribution in [0.5, 0.6) is 0 Å². The van der Waals surface area contributed by atoms with Crippen molar-refractivity contribution in [3.05, 3.63) is 12.2 Å². The van der Waals surface area contributed by atoms with Crippen molar-refractivity contribution in [2.75, 3.05) is 47.5 Å². The van der Waals surface area contributed by atoms with E-state index in [9.17, 15) is 19.0 Å². The fourth-order valence-corrected chi connectivity index (χ4v) is 7.16. The van der Waals surface area contributed by atoms with Crippen LogP contribution >= 0.6 is 7.82 Å². The average molecular weight is 803 g/mol. The minimum Gasteiger partial charge on any atom is -0.462 e. The van der Waals surface area contributed by atoms with E-state index in [1.807, 2.05) is 21.1 Å². The van der Waals surface area contributed by atoms with Gasteiger partial charge < -0.3 is 18.9 Å². The van der Waals surface area contributed by atoms with Crippen molar-refractivity contribution < 1.29 is 42.1 Å². The topological polar surface area (TPSA) is 108 Å². The summed E-state index contributed by atoms with van der Waals surface area (Å²) in [6, 6.07) is 0. The molecular formula is C45H89NO8P+. The van der Waals surface area contributed by atoms with Crippen LogP contribution in [0.3, 0.4) is 0 Å². The highest BCUT2D eigenvalue weighted by molar-refractivity contribution is 7.47. The number of carbonyl (C=O) groups is 2. The van der Waals surface area contributed by atoms with E-state index < -0.39 is 26.5 Å². The minimum atomic E-state index is -4.37. The Hall–Kier alpha value is -1.25. The predicted octanol–water partition coefficient (Wildman–Crippen LogP) is 13.0. The summed E-state index contributed by atoms with van der Waals surface area (Å²) in [5, 5.41) is 0. The van der Waals surface area contributed by atoms with Crippen molar-refractivity contribution in [3.8, 4) is 0 Å². The second-order valence-corrected chi connectivity index (χ2v) is 18.2. The molecule has 9 nitrogen and oxygen atoms in total. The molecule has 0 amide bonds. The fraction of sp³-hybridized carbons (Fsp3) is 0.911. The van der Waals surface area contributed by atoms with Crippen LogP contribution in [-0.2, 0) is 32.7 Å². The Morgan fingerprint density at radius 2 is 0.927 bits per heavy atom. The highest BCUT2D eigenvalue weighted by atomic mass is 31.2. The molecule has 0 aliphatic heterocycles. The molecule has 0 bridgehead atoms. The number of nitrogens with zero attached hydrogens (tertiary/aromatic N) is 1. The fourth-order valence-electron chi connectivity index (χ4n) is 6.42. The molecule has 0 saturated carbocycles. The predicted molar refractivity (Wildman–Crippen MR) is 229 cm³/mol. The van der Waals surface area contributed by atoms with Gasteiger partial charge in [0.25, 0.3) is 0 Å². The van der Waals surface area contributed by atoms with Gasteiger partial charge in [-0.1, -0.05) is 174 Å². The number of rotatable bonds is 42. The third kappa shape index (κ3) is 42.2. The maximum atomic E-state index is 12.7. The average Bonchev–Trinajstić information content (AvgIpc) is 3.13. The number of likely N-dealkylation sites (N-methyl/N-ethyl adjacent to an activating group) is 1. The molecule has 0 spiro atoms. The van der Waals surface area contributed by atoms with Crippen molar-refractivity contribution in [1.82, 2.24) is 0 Å². The van der Waals surface area contributed by atoms with E-state index in [0.29, 0.717) is 17.4 Å². The van der Waals surface area contributed by atoms with Gasteiger partial charge in [-0.3, -0.25) is 18.6 Å². The van der Waals surface area contributed by atoms with E-state index in [1.165, 1.54) is 128 Å². The number of phosphoric ester groups is 1. The van der Waals surface area contributed by atoms with Crippen LogP contribution in [0, 0.1) is 0 Å². The highest BCUT2D eigenvalue weighted by Gasteiger charge is 2.27. The quantitative estimate of drug-likeness (QED) is 0.0214. The number of hydrogen-bond acceptors (Lipinski definition) is 7. The molecule has 1 N–H and O–H groups in total. The zero-order valence-electron chi connectivity index (χ0n) is 36.7. The van der Waals surface area contributed by atoms with Crippen LogP contribution in [0.2, 0.25) is 0 Å². The molecule has 0 aromatic rings. The van der Waals surface area contributed by atoms with Gasteiger partial charge in [0.15, 0.2) is 6.10 Å². The molecule has 0 heterocycles. The molecule has 326 valence electrons. The monoisotopic (exact) mass is 803 g/mol. The van der Waals surface area contributed by atoms with Gasteiger partial charge in [0, 0.05) is 12.8 Å². The maximum absolute atomic E-state index is 12.7. The summed E-state index contributed by atoms with van der Waals surface area (Å²) in [5.41, 5.74) is 0. The van der Waals surface area contributed by atoms with E-state index in [4.69, 9.17) is 18.5 Å². The first-order chi connectivity index (χ1) is 26.5. The summed E-state index contributed by atoms with van der Waals surface area (Å²) in [5.74, 6) is -0.797. The zero-order chi connectivity index (χ0) is 40.7. The van der Waals surface area contributed by atoms with Gasteiger partial charge >= 0.3 is 19.8 Å². The van der Waals surface area contributed by atoms with Crippen molar-refractivity contribution in [3.63, 3.8) is 0 Å². The Kier molecular flexibility index (Phi) is 37.4. The second-order valence-electron chi connectivity index (χ2n) is 16.8. The molecule has 0 saturated heterocycles. The first-order valence-electron chi connectivity index (χ1n) is 22.9. The van der Waals surface area contributed by atoms with Crippen LogP contribution in [-0.4, -0.2) is 74.9 Å². The Bertz CT molecular complexity index is 954. The van der Waals surface area contributed by atoms with Crippen LogP contribution in [0.25, 0.3) is 0 Å². The molecule has 0 radical (unpaired) electrons. The summed E-state index contributed by atoms with van der Waals surface area (Å²) in [4.78, 5) is 35.4. The van der Waals surface area contributed by atoms with E-state index >= 15 is 0 Å². The van der Waals surface area contributed by atoms with E-state index in [-0.39, 0.29) is 32.0 Å². The van der Waals surface area contributed by atoms with Gasteiger partial charge in [-0.2, -0.15) is 0 Å². The molecule has 0 aliphatic rings. The summed E-state index contributed by atoms with van der Waals surface area (Å²) in [6.45, 7) is 4.44. The largest absolute Gasteiger partial charge is 0.472 e. The minimum absolute atomic E-state index is 0.0337.